The van der Waals surface area contributed by atoms with Gasteiger partial charge in [0.05, 0.1) is 37.2 Å². The number of rotatable bonds is 7. The summed E-state index contributed by atoms with van der Waals surface area (Å²) in [5.74, 6) is 0.670. The number of carbonyl (C=O) groups is 1. The summed E-state index contributed by atoms with van der Waals surface area (Å²) in [7, 11) is 0. The van der Waals surface area contributed by atoms with Gasteiger partial charge in [0, 0.05) is 30.8 Å². The summed E-state index contributed by atoms with van der Waals surface area (Å²) >= 11 is 0. The minimum Gasteiger partial charge on any atom is -0.483 e. The average Bonchev–Trinajstić information content (AvgIpc) is 3.61. The van der Waals surface area contributed by atoms with Gasteiger partial charge in [0.1, 0.15) is 35.2 Å². The van der Waals surface area contributed by atoms with Crippen LogP contribution in [-0.2, 0) is 9.53 Å². The average molecular weight is 490 g/mol. The van der Waals surface area contributed by atoms with Gasteiger partial charge in [0.2, 0.25) is 0 Å². The standard InChI is InChI=1S/C26H31N7O3/c1-17-25(29-30-33(17)21-6-8-31(9-7-21)22-14-35-15-22)19-10-24(26-20(11-27)12-28-32(26)13-19)36-16-23(34)18-4-2-3-5-18/h10,12-13,18,21-22H,2-9,14-16H2,1H3. The number of fused-ring (bicyclic) bond motifs is 1. The molecule has 10 nitrogen and oxygen atoms in total. The van der Waals surface area contributed by atoms with Crippen LogP contribution in [0.1, 0.15) is 55.8 Å². The maximum Gasteiger partial charge on any atom is 0.173 e. The summed E-state index contributed by atoms with van der Waals surface area (Å²) in [6.45, 7) is 5.80. The lowest BCUT2D eigenvalue weighted by Gasteiger charge is -2.41. The van der Waals surface area contributed by atoms with Gasteiger partial charge in [-0.3, -0.25) is 9.69 Å². The largest absolute Gasteiger partial charge is 0.483 e. The van der Waals surface area contributed by atoms with Crippen LogP contribution < -0.4 is 4.74 Å². The number of hydrogen-bond donors (Lipinski definition) is 0. The van der Waals surface area contributed by atoms with E-state index in [0.29, 0.717) is 28.9 Å². The van der Waals surface area contributed by atoms with Crippen molar-refractivity contribution in [2.24, 2.45) is 5.92 Å². The third kappa shape index (κ3) is 4.16. The van der Waals surface area contributed by atoms with Gasteiger partial charge in [0.25, 0.3) is 0 Å². The van der Waals surface area contributed by atoms with Crippen LogP contribution in [-0.4, -0.2) is 74.2 Å². The number of Topliss-reactive ketones (excluding diaryl/α,β-unsaturated/α-hetero) is 1. The van der Waals surface area contributed by atoms with E-state index in [1.807, 2.05) is 23.9 Å². The van der Waals surface area contributed by atoms with Crippen molar-refractivity contribution >= 4 is 11.3 Å². The molecular weight excluding hydrogens is 458 g/mol. The number of likely N-dealkylation sites (tertiary alicyclic amines) is 1. The van der Waals surface area contributed by atoms with Crippen LogP contribution in [0, 0.1) is 24.2 Å². The smallest absolute Gasteiger partial charge is 0.173 e. The number of nitrogens with zero attached hydrogens (tertiary/aromatic N) is 7. The number of ether oxygens (including phenoxy) is 2. The molecule has 0 spiro atoms. The summed E-state index contributed by atoms with van der Waals surface area (Å²) < 4.78 is 15.1. The van der Waals surface area contributed by atoms with Crippen molar-refractivity contribution in [2.45, 2.75) is 57.5 Å². The van der Waals surface area contributed by atoms with Crippen molar-refractivity contribution in [1.82, 2.24) is 29.5 Å². The highest BCUT2D eigenvalue weighted by Gasteiger charge is 2.31. The van der Waals surface area contributed by atoms with E-state index in [9.17, 15) is 10.1 Å². The van der Waals surface area contributed by atoms with Crippen molar-refractivity contribution in [3.63, 3.8) is 0 Å². The Balaban J connectivity index is 1.25. The molecule has 36 heavy (non-hydrogen) atoms. The molecule has 0 aromatic carbocycles. The molecule has 10 heteroatoms. The van der Waals surface area contributed by atoms with Crippen LogP contribution in [0.15, 0.2) is 18.5 Å². The third-order valence-electron chi connectivity index (χ3n) is 8.06. The fourth-order valence-electron chi connectivity index (χ4n) is 5.80. The topological polar surface area (TPSA) is 111 Å². The molecular formula is C26H31N7O3. The van der Waals surface area contributed by atoms with Gasteiger partial charge in [-0.1, -0.05) is 18.1 Å². The zero-order valence-electron chi connectivity index (χ0n) is 20.6. The number of carbonyl (C=O) groups excluding carboxylic acids is 1. The van der Waals surface area contributed by atoms with Gasteiger partial charge in [-0.2, -0.15) is 10.4 Å². The van der Waals surface area contributed by atoms with Gasteiger partial charge in [-0.15, -0.1) is 5.10 Å². The zero-order chi connectivity index (χ0) is 24.6. The first-order chi connectivity index (χ1) is 17.6. The Labute approximate surface area is 209 Å². The Kier molecular flexibility index (Phi) is 6.19. The van der Waals surface area contributed by atoms with E-state index >= 15 is 0 Å². The number of piperidine rings is 1. The Bertz CT molecular complexity index is 1310. The molecule has 0 N–H and O–H groups in total. The molecule has 188 valence electrons. The maximum absolute atomic E-state index is 12.7. The van der Waals surface area contributed by atoms with Gasteiger partial charge in [0.15, 0.2) is 5.78 Å². The molecule has 2 aliphatic heterocycles. The quantitative estimate of drug-likeness (QED) is 0.498. The molecule has 1 aliphatic carbocycles. The van der Waals surface area contributed by atoms with Crippen molar-refractivity contribution in [3.8, 4) is 23.1 Å². The molecule has 1 saturated carbocycles. The Hall–Kier alpha value is -3.29. The molecule has 5 heterocycles. The Morgan fingerprint density at radius 3 is 2.67 bits per heavy atom. The van der Waals surface area contributed by atoms with E-state index in [0.717, 1.165) is 81.8 Å². The molecule has 2 saturated heterocycles. The fraction of sp³-hybridized carbons (Fsp3) is 0.577. The molecule has 0 amide bonds. The highest BCUT2D eigenvalue weighted by molar-refractivity contribution is 5.83. The molecule has 3 fully saturated rings. The first-order valence-electron chi connectivity index (χ1n) is 12.9. The van der Waals surface area contributed by atoms with E-state index in [2.05, 4.69) is 26.4 Å². The van der Waals surface area contributed by atoms with Crippen molar-refractivity contribution in [1.29, 1.82) is 5.26 Å². The van der Waals surface area contributed by atoms with Crippen molar-refractivity contribution < 1.29 is 14.3 Å². The monoisotopic (exact) mass is 489 g/mol. The SMILES string of the molecule is Cc1c(-c2cc(OCC(=O)C3CCCC3)c3c(C#N)cnn3c2)nnn1C1CCN(C2COC2)CC1. The Morgan fingerprint density at radius 1 is 1.19 bits per heavy atom. The van der Waals surface area contributed by atoms with Crippen molar-refractivity contribution in [3.05, 3.63) is 29.7 Å². The van der Waals surface area contributed by atoms with Crippen LogP contribution in [0.25, 0.3) is 16.8 Å². The van der Waals surface area contributed by atoms with E-state index in [4.69, 9.17) is 9.47 Å². The highest BCUT2D eigenvalue weighted by Crippen LogP contribution is 2.33. The molecule has 6 rings (SSSR count). The normalized spacial score (nSPS) is 20.0. The second kappa shape index (κ2) is 9.64. The molecule has 0 bridgehead atoms. The van der Waals surface area contributed by atoms with E-state index in [1.165, 1.54) is 6.20 Å². The predicted molar refractivity (Wildman–Crippen MR) is 131 cm³/mol. The molecule has 3 aromatic heterocycles. The molecule has 3 aliphatic rings. The lowest BCUT2D eigenvalue weighted by molar-refractivity contribution is -0.124. The number of ketones is 1. The van der Waals surface area contributed by atoms with Crippen LogP contribution in [0.3, 0.4) is 0 Å². The van der Waals surface area contributed by atoms with Crippen molar-refractivity contribution in [2.75, 3.05) is 32.9 Å². The summed E-state index contributed by atoms with van der Waals surface area (Å²) in [6.07, 6.45) is 9.49. The summed E-state index contributed by atoms with van der Waals surface area (Å²) in [6, 6.07) is 4.91. The maximum atomic E-state index is 12.7. The number of nitriles is 1. The van der Waals surface area contributed by atoms with Crippen LogP contribution in [0.5, 0.6) is 5.75 Å². The molecule has 0 unspecified atom stereocenters. The minimum atomic E-state index is -0.00386. The highest BCUT2D eigenvalue weighted by atomic mass is 16.5. The van der Waals surface area contributed by atoms with E-state index in [-0.39, 0.29) is 18.3 Å². The number of hydrogen-bond acceptors (Lipinski definition) is 8. The lowest BCUT2D eigenvalue weighted by atomic mass is 10.0. The van der Waals surface area contributed by atoms with Crippen LogP contribution >= 0.6 is 0 Å². The molecule has 0 radical (unpaired) electrons. The Morgan fingerprint density at radius 2 is 1.97 bits per heavy atom. The van der Waals surface area contributed by atoms with E-state index < -0.39 is 0 Å². The first kappa shape index (κ1) is 23.1. The summed E-state index contributed by atoms with van der Waals surface area (Å²) in [5, 5.41) is 23.0. The molecule has 3 aromatic rings. The van der Waals surface area contributed by atoms with Gasteiger partial charge >= 0.3 is 0 Å². The summed E-state index contributed by atoms with van der Waals surface area (Å²) in [5.41, 5.74) is 3.52. The number of aromatic nitrogens is 5. The lowest BCUT2D eigenvalue weighted by Crippen LogP contribution is -2.52. The van der Waals surface area contributed by atoms with Gasteiger partial charge in [-0.05, 0) is 38.7 Å². The van der Waals surface area contributed by atoms with Gasteiger partial charge < -0.3 is 9.47 Å². The first-order valence-corrected chi connectivity index (χ1v) is 12.9. The predicted octanol–water partition coefficient (Wildman–Crippen LogP) is 2.95. The van der Waals surface area contributed by atoms with Crippen LogP contribution in [0.4, 0.5) is 0 Å². The second-order valence-corrected chi connectivity index (χ2v) is 10.2. The summed E-state index contributed by atoms with van der Waals surface area (Å²) in [4.78, 5) is 15.2. The minimum absolute atomic E-state index is 0.00386. The second-order valence-electron chi connectivity index (χ2n) is 10.2. The van der Waals surface area contributed by atoms with Crippen LogP contribution in [0.2, 0.25) is 0 Å². The van der Waals surface area contributed by atoms with E-state index in [1.54, 1.807) is 4.52 Å². The number of pyridine rings is 1. The third-order valence-corrected chi connectivity index (χ3v) is 8.06. The zero-order valence-corrected chi connectivity index (χ0v) is 20.6. The van der Waals surface area contributed by atoms with Gasteiger partial charge in [-0.25, -0.2) is 9.20 Å². The fourth-order valence-corrected chi connectivity index (χ4v) is 5.80. The molecule has 0 atom stereocenters.